The summed E-state index contributed by atoms with van der Waals surface area (Å²) < 4.78 is 4.07. The van der Waals surface area contributed by atoms with E-state index in [1.807, 2.05) is 10.9 Å². The Labute approximate surface area is 158 Å². The summed E-state index contributed by atoms with van der Waals surface area (Å²) in [6.07, 6.45) is 7.22. The normalized spacial score (nSPS) is 24.9. The molecule has 1 saturated carbocycles. The summed E-state index contributed by atoms with van der Waals surface area (Å²) in [4.78, 5) is 14.9. The molecule has 2 aliphatic heterocycles. The Hall–Kier alpha value is -2.22. The van der Waals surface area contributed by atoms with Gasteiger partial charge in [-0.3, -0.25) is 14.4 Å². The van der Waals surface area contributed by atoms with Gasteiger partial charge >= 0.3 is 0 Å². The minimum absolute atomic E-state index is 0.0642. The summed E-state index contributed by atoms with van der Waals surface area (Å²) in [7, 11) is 0. The highest BCUT2D eigenvalue weighted by atomic mass is 16.2. The fourth-order valence-electron chi connectivity index (χ4n) is 4.40. The second kappa shape index (κ2) is 6.44. The van der Waals surface area contributed by atoms with Crippen LogP contribution in [0.1, 0.15) is 54.7 Å². The molecule has 1 N–H and O–H groups in total. The number of amides is 1. The monoisotopic (exact) mass is 369 g/mol. The Morgan fingerprint density at radius 1 is 1.22 bits per heavy atom. The largest absolute Gasteiger partial charge is 0.347 e. The first-order valence-corrected chi connectivity index (χ1v) is 10.0. The van der Waals surface area contributed by atoms with E-state index in [9.17, 15) is 4.79 Å². The van der Waals surface area contributed by atoms with Crippen molar-refractivity contribution in [1.29, 1.82) is 0 Å². The number of nitrogens with zero attached hydrogens (tertiary/aromatic N) is 6. The molecule has 1 amide bonds. The minimum atomic E-state index is -0.0642. The van der Waals surface area contributed by atoms with Crippen LogP contribution in [0.3, 0.4) is 0 Å². The number of nitrogens with one attached hydrogen (secondary N) is 1. The lowest BCUT2D eigenvalue weighted by Crippen LogP contribution is -2.33. The Balaban J connectivity index is 1.25. The Morgan fingerprint density at radius 2 is 2.04 bits per heavy atom. The highest BCUT2D eigenvalue weighted by molar-refractivity contribution is 5.91. The number of aromatic nitrogens is 5. The average molecular weight is 369 g/mol. The van der Waals surface area contributed by atoms with E-state index in [-0.39, 0.29) is 5.91 Å². The van der Waals surface area contributed by atoms with Crippen molar-refractivity contribution >= 4 is 5.91 Å². The van der Waals surface area contributed by atoms with Gasteiger partial charge in [-0.15, -0.1) is 10.2 Å². The fourth-order valence-corrected chi connectivity index (χ4v) is 4.40. The number of rotatable bonds is 5. The number of hydrogen-bond donors (Lipinski definition) is 1. The zero-order valence-electron chi connectivity index (χ0n) is 16.0. The molecule has 2 aromatic heterocycles. The van der Waals surface area contributed by atoms with Crippen LogP contribution < -0.4 is 5.32 Å². The minimum Gasteiger partial charge on any atom is -0.347 e. The van der Waals surface area contributed by atoms with Gasteiger partial charge in [0.2, 0.25) is 5.82 Å². The predicted molar refractivity (Wildman–Crippen MR) is 99.1 cm³/mol. The van der Waals surface area contributed by atoms with Crippen molar-refractivity contribution in [2.24, 2.45) is 11.8 Å². The first kappa shape index (κ1) is 16.9. The third-order valence-electron chi connectivity index (χ3n) is 6.05. The van der Waals surface area contributed by atoms with E-state index in [0.717, 1.165) is 51.3 Å². The molecule has 144 valence electrons. The van der Waals surface area contributed by atoms with Crippen LogP contribution in [0.2, 0.25) is 0 Å². The number of hydrogen-bond acceptors (Lipinski definition) is 5. The summed E-state index contributed by atoms with van der Waals surface area (Å²) in [6.45, 7) is 8.21. The first-order chi connectivity index (χ1) is 13.1. The molecule has 2 fully saturated rings. The summed E-state index contributed by atoms with van der Waals surface area (Å²) in [5.41, 5.74) is 1.27. The molecule has 1 saturated heterocycles. The van der Waals surface area contributed by atoms with E-state index < -0.39 is 0 Å². The number of likely N-dealkylation sites (tertiary alicyclic amines) is 1. The topological polar surface area (TPSA) is 80.9 Å². The van der Waals surface area contributed by atoms with Crippen molar-refractivity contribution in [2.45, 2.75) is 58.3 Å². The molecule has 8 heteroatoms. The molecular weight excluding hydrogens is 342 g/mol. The third kappa shape index (κ3) is 3.26. The smallest absolute Gasteiger partial charge is 0.289 e. The third-order valence-corrected chi connectivity index (χ3v) is 6.05. The van der Waals surface area contributed by atoms with Crippen LogP contribution in [0.5, 0.6) is 0 Å². The molecule has 2 atom stereocenters. The fraction of sp³-hybridized carbons (Fsp3) is 0.684. The lowest BCUT2D eigenvalue weighted by molar-refractivity contribution is 0.0932. The van der Waals surface area contributed by atoms with Crippen molar-refractivity contribution in [3.8, 4) is 0 Å². The van der Waals surface area contributed by atoms with E-state index in [1.165, 1.54) is 5.56 Å². The van der Waals surface area contributed by atoms with Crippen LogP contribution >= 0.6 is 0 Å². The molecule has 4 heterocycles. The van der Waals surface area contributed by atoms with Gasteiger partial charge in [-0.05, 0) is 38.5 Å². The molecule has 0 aromatic carbocycles. The molecule has 2 unspecified atom stereocenters. The van der Waals surface area contributed by atoms with Gasteiger partial charge in [-0.1, -0.05) is 0 Å². The first-order valence-electron chi connectivity index (χ1n) is 10.0. The van der Waals surface area contributed by atoms with Crippen LogP contribution in [0.4, 0.5) is 0 Å². The van der Waals surface area contributed by atoms with E-state index in [0.29, 0.717) is 29.7 Å². The second-order valence-electron chi connectivity index (χ2n) is 8.64. The summed E-state index contributed by atoms with van der Waals surface area (Å²) >= 11 is 0. The maximum absolute atomic E-state index is 12.4. The van der Waals surface area contributed by atoms with Crippen molar-refractivity contribution in [3.05, 3.63) is 29.6 Å². The van der Waals surface area contributed by atoms with Gasteiger partial charge in [0, 0.05) is 56.4 Å². The quantitative estimate of drug-likeness (QED) is 0.858. The molecule has 1 aliphatic carbocycles. The highest BCUT2D eigenvalue weighted by Gasteiger charge is 2.39. The number of carbonyl (C=O) groups is 1. The molecule has 0 spiro atoms. The molecule has 2 aromatic rings. The standard InChI is InChI=1S/C19H27N7O/c1-12(2)26-8-13(6-20-26)7-24-9-14-5-17-22-23-18(19(27)21-16-3-4-16)25(17)11-15(14)10-24/h6,8,12,14-16H,3-5,7,9-11H2,1-2H3,(H,21,27). The molecular formula is C19H27N7O. The SMILES string of the molecule is CC(C)n1cc(CN2CC3Cc4nnc(C(=O)NC5CC5)n4CC3C2)cn1. The van der Waals surface area contributed by atoms with Crippen molar-refractivity contribution < 1.29 is 4.79 Å². The van der Waals surface area contributed by atoms with E-state index in [1.54, 1.807) is 0 Å². The summed E-state index contributed by atoms with van der Waals surface area (Å²) in [6, 6.07) is 0.736. The van der Waals surface area contributed by atoms with Crippen molar-refractivity contribution in [3.63, 3.8) is 0 Å². The van der Waals surface area contributed by atoms with Gasteiger partial charge < -0.3 is 9.88 Å². The number of fused-ring (bicyclic) bond motifs is 2. The van der Waals surface area contributed by atoms with Gasteiger partial charge in [0.25, 0.3) is 5.91 Å². The predicted octanol–water partition coefficient (Wildman–Crippen LogP) is 1.25. The molecule has 27 heavy (non-hydrogen) atoms. The summed E-state index contributed by atoms with van der Waals surface area (Å²) in [5, 5.41) is 16.0. The summed E-state index contributed by atoms with van der Waals surface area (Å²) in [5.74, 6) is 2.55. The molecule has 3 aliphatic rings. The lowest BCUT2D eigenvalue weighted by Gasteiger charge is -2.25. The van der Waals surface area contributed by atoms with Crippen LogP contribution in [-0.2, 0) is 19.5 Å². The molecule has 5 rings (SSSR count). The zero-order valence-corrected chi connectivity index (χ0v) is 16.0. The van der Waals surface area contributed by atoms with Gasteiger partial charge in [0.1, 0.15) is 5.82 Å². The Kier molecular flexibility index (Phi) is 4.03. The van der Waals surface area contributed by atoms with Crippen LogP contribution in [-0.4, -0.2) is 54.5 Å². The van der Waals surface area contributed by atoms with E-state index in [4.69, 9.17) is 0 Å². The maximum Gasteiger partial charge on any atom is 0.289 e. The average Bonchev–Trinajstić information content (AvgIpc) is 3.05. The van der Waals surface area contributed by atoms with E-state index in [2.05, 4.69) is 50.1 Å². The van der Waals surface area contributed by atoms with Gasteiger partial charge in [-0.25, -0.2) is 0 Å². The Morgan fingerprint density at radius 3 is 2.78 bits per heavy atom. The highest BCUT2D eigenvalue weighted by Crippen LogP contribution is 2.33. The van der Waals surface area contributed by atoms with Gasteiger partial charge in [0.05, 0.1) is 6.20 Å². The van der Waals surface area contributed by atoms with Crippen LogP contribution in [0, 0.1) is 11.8 Å². The zero-order chi connectivity index (χ0) is 18.5. The van der Waals surface area contributed by atoms with Gasteiger partial charge in [-0.2, -0.15) is 5.10 Å². The molecule has 8 nitrogen and oxygen atoms in total. The maximum atomic E-state index is 12.4. The van der Waals surface area contributed by atoms with Crippen molar-refractivity contribution in [1.82, 2.24) is 34.8 Å². The van der Waals surface area contributed by atoms with E-state index >= 15 is 0 Å². The second-order valence-corrected chi connectivity index (χ2v) is 8.64. The van der Waals surface area contributed by atoms with Crippen molar-refractivity contribution in [2.75, 3.05) is 13.1 Å². The van der Waals surface area contributed by atoms with Crippen LogP contribution in [0.25, 0.3) is 0 Å². The van der Waals surface area contributed by atoms with Gasteiger partial charge in [0.15, 0.2) is 0 Å². The molecule has 0 bridgehead atoms. The number of carbonyl (C=O) groups excluding carboxylic acids is 1. The lowest BCUT2D eigenvalue weighted by atomic mass is 9.89. The Bertz CT molecular complexity index is 850. The molecule has 0 radical (unpaired) electrons. The van der Waals surface area contributed by atoms with Crippen LogP contribution in [0.15, 0.2) is 12.4 Å².